The number of ether oxygens (including phenoxy) is 1. The molecule has 27 heavy (non-hydrogen) atoms. The molecule has 5 nitrogen and oxygen atoms in total. The summed E-state index contributed by atoms with van der Waals surface area (Å²) >= 11 is 0. The Morgan fingerprint density at radius 2 is 1.63 bits per heavy atom. The van der Waals surface area contributed by atoms with Gasteiger partial charge in [0.05, 0.1) is 16.0 Å². The lowest BCUT2D eigenvalue weighted by Crippen LogP contribution is -2.27. The molecule has 0 radical (unpaired) electrons. The van der Waals surface area contributed by atoms with Gasteiger partial charge in [0.15, 0.2) is 0 Å². The minimum absolute atomic E-state index is 0.0350. The number of rotatable bonds is 4. The maximum absolute atomic E-state index is 12.7. The van der Waals surface area contributed by atoms with Crippen LogP contribution in [0.3, 0.4) is 0 Å². The van der Waals surface area contributed by atoms with Crippen molar-refractivity contribution >= 4 is 16.0 Å². The van der Waals surface area contributed by atoms with Gasteiger partial charge in [-0.15, -0.1) is 0 Å². The van der Waals surface area contributed by atoms with Crippen molar-refractivity contribution in [2.45, 2.75) is 23.9 Å². The van der Waals surface area contributed by atoms with Crippen LogP contribution in [0.25, 0.3) is 0 Å². The molecule has 0 aromatic heterocycles. The van der Waals surface area contributed by atoms with E-state index in [2.05, 4.69) is 0 Å². The molecule has 0 N–H and O–H groups in total. The van der Waals surface area contributed by atoms with E-state index in [0.29, 0.717) is 13.1 Å². The molecule has 0 spiro atoms. The van der Waals surface area contributed by atoms with Gasteiger partial charge in [0, 0.05) is 13.1 Å². The summed E-state index contributed by atoms with van der Waals surface area (Å²) in [5.74, 6) is -1.12. The molecule has 1 heterocycles. The Bertz CT molecular complexity index is 934. The van der Waals surface area contributed by atoms with Crippen molar-refractivity contribution in [1.29, 1.82) is 0 Å². The molecule has 9 heteroatoms. The number of esters is 1. The number of benzene rings is 2. The minimum atomic E-state index is -4.55. The van der Waals surface area contributed by atoms with Crippen LogP contribution in [-0.2, 0) is 16.2 Å². The second kappa shape index (κ2) is 7.32. The monoisotopic (exact) mass is 399 g/mol. The first-order valence-corrected chi connectivity index (χ1v) is 9.61. The van der Waals surface area contributed by atoms with E-state index in [4.69, 9.17) is 4.74 Å². The van der Waals surface area contributed by atoms with Gasteiger partial charge in [-0.05, 0) is 55.3 Å². The molecular formula is C18H16F3NO4S. The molecule has 1 aliphatic heterocycles. The first kappa shape index (κ1) is 19.4. The third-order valence-electron chi connectivity index (χ3n) is 4.16. The smallest absolute Gasteiger partial charge is 0.416 e. The SMILES string of the molecule is O=C(Oc1cccc(C(F)(F)F)c1)c1ccc(S(=O)(=O)N2CCCC2)cc1. The predicted molar refractivity (Wildman–Crippen MR) is 90.8 cm³/mol. The number of hydrogen-bond donors (Lipinski definition) is 0. The van der Waals surface area contributed by atoms with Crippen LogP contribution in [0, 0.1) is 0 Å². The van der Waals surface area contributed by atoms with Gasteiger partial charge in [-0.1, -0.05) is 6.07 Å². The fraction of sp³-hybridized carbons (Fsp3) is 0.278. The second-order valence-electron chi connectivity index (χ2n) is 6.05. The van der Waals surface area contributed by atoms with Crippen molar-refractivity contribution in [1.82, 2.24) is 4.31 Å². The number of carbonyl (C=O) groups excluding carboxylic acids is 1. The van der Waals surface area contributed by atoms with Crippen molar-refractivity contribution in [3.63, 3.8) is 0 Å². The summed E-state index contributed by atoms with van der Waals surface area (Å²) in [4.78, 5) is 12.2. The van der Waals surface area contributed by atoms with Crippen LogP contribution in [0.4, 0.5) is 13.2 Å². The zero-order chi connectivity index (χ0) is 19.7. The van der Waals surface area contributed by atoms with E-state index in [-0.39, 0.29) is 16.2 Å². The fourth-order valence-electron chi connectivity index (χ4n) is 2.74. The summed E-state index contributed by atoms with van der Waals surface area (Å²) in [6.07, 6.45) is -2.94. The lowest BCUT2D eigenvalue weighted by atomic mass is 10.2. The highest BCUT2D eigenvalue weighted by atomic mass is 32.2. The third-order valence-corrected chi connectivity index (χ3v) is 6.08. The maximum Gasteiger partial charge on any atom is 0.416 e. The summed E-state index contributed by atoms with van der Waals surface area (Å²) in [5, 5.41) is 0. The molecular weight excluding hydrogens is 383 g/mol. The van der Waals surface area contributed by atoms with E-state index in [1.807, 2.05) is 0 Å². The van der Waals surface area contributed by atoms with Gasteiger partial charge in [0.25, 0.3) is 0 Å². The summed E-state index contributed by atoms with van der Waals surface area (Å²) in [7, 11) is -3.61. The van der Waals surface area contributed by atoms with Gasteiger partial charge in [-0.3, -0.25) is 0 Å². The number of nitrogens with zero attached hydrogens (tertiary/aromatic N) is 1. The summed E-state index contributed by atoms with van der Waals surface area (Å²) in [6, 6.07) is 9.10. The number of carbonyl (C=O) groups is 1. The highest BCUT2D eigenvalue weighted by molar-refractivity contribution is 7.89. The van der Waals surface area contributed by atoms with E-state index >= 15 is 0 Å². The molecule has 0 aliphatic carbocycles. The molecule has 0 unspecified atom stereocenters. The molecule has 1 aliphatic rings. The molecule has 1 fully saturated rings. The fourth-order valence-corrected chi connectivity index (χ4v) is 4.26. The molecule has 0 atom stereocenters. The zero-order valence-corrected chi connectivity index (χ0v) is 14.9. The maximum atomic E-state index is 12.7. The Labute approximate surface area is 154 Å². The van der Waals surface area contributed by atoms with E-state index in [1.165, 1.54) is 34.6 Å². The molecule has 144 valence electrons. The molecule has 0 bridgehead atoms. The van der Waals surface area contributed by atoms with E-state index in [9.17, 15) is 26.4 Å². The first-order valence-electron chi connectivity index (χ1n) is 8.17. The summed E-state index contributed by atoms with van der Waals surface area (Å²) < 4.78 is 69.4. The Hall–Kier alpha value is -2.39. The van der Waals surface area contributed by atoms with Crippen LogP contribution in [0.1, 0.15) is 28.8 Å². The van der Waals surface area contributed by atoms with Gasteiger partial charge in [0.2, 0.25) is 10.0 Å². The molecule has 0 amide bonds. The highest BCUT2D eigenvalue weighted by Gasteiger charge is 2.31. The van der Waals surface area contributed by atoms with Crippen molar-refractivity contribution in [3.05, 3.63) is 59.7 Å². The van der Waals surface area contributed by atoms with Crippen LogP contribution >= 0.6 is 0 Å². The third kappa shape index (κ3) is 4.30. The largest absolute Gasteiger partial charge is 0.423 e. The standard InChI is InChI=1S/C18H16F3NO4S/c19-18(20,21)14-4-3-5-15(12-14)26-17(23)13-6-8-16(9-7-13)27(24,25)22-10-1-2-11-22/h3-9,12H,1-2,10-11H2. The van der Waals surface area contributed by atoms with Crippen LogP contribution in [0.15, 0.2) is 53.4 Å². The number of sulfonamides is 1. The van der Waals surface area contributed by atoms with Crippen molar-refractivity contribution in [2.75, 3.05) is 13.1 Å². The molecule has 3 rings (SSSR count). The van der Waals surface area contributed by atoms with Gasteiger partial charge in [0.1, 0.15) is 5.75 Å². The van der Waals surface area contributed by atoms with Gasteiger partial charge in [-0.2, -0.15) is 17.5 Å². The average Bonchev–Trinajstić information content (AvgIpc) is 3.17. The lowest BCUT2D eigenvalue weighted by Gasteiger charge is -2.15. The Morgan fingerprint density at radius 1 is 1.00 bits per heavy atom. The Kier molecular flexibility index (Phi) is 5.25. The number of hydrogen-bond acceptors (Lipinski definition) is 4. The van der Waals surface area contributed by atoms with Gasteiger partial charge in [-0.25, -0.2) is 13.2 Å². The quantitative estimate of drug-likeness (QED) is 0.581. The zero-order valence-electron chi connectivity index (χ0n) is 14.1. The molecule has 2 aromatic rings. The summed E-state index contributed by atoms with van der Waals surface area (Å²) in [6.45, 7) is 0.920. The van der Waals surface area contributed by atoms with E-state index < -0.39 is 27.7 Å². The van der Waals surface area contributed by atoms with Gasteiger partial charge < -0.3 is 4.74 Å². The van der Waals surface area contributed by atoms with Crippen LogP contribution < -0.4 is 4.74 Å². The molecule has 0 saturated carbocycles. The minimum Gasteiger partial charge on any atom is -0.423 e. The Morgan fingerprint density at radius 3 is 2.22 bits per heavy atom. The highest BCUT2D eigenvalue weighted by Crippen LogP contribution is 2.31. The van der Waals surface area contributed by atoms with E-state index in [1.54, 1.807) is 0 Å². The summed E-state index contributed by atoms with van der Waals surface area (Å²) in [5.41, 5.74) is -0.896. The van der Waals surface area contributed by atoms with Crippen LogP contribution in [-0.4, -0.2) is 31.8 Å². The normalized spacial score (nSPS) is 15.7. The van der Waals surface area contributed by atoms with Crippen LogP contribution in [0.5, 0.6) is 5.75 Å². The van der Waals surface area contributed by atoms with Gasteiger partial charge >= 0.3 is 12.1 Å². The molecule has 1 saturated heterocycles. The van der Waals surface area contributed by atoms with Crippen molar-refractivity contribution in [3.8, 4) is 5.75 Å². The van der Waals surface area contributed by atoms with Crippen LogP contribution in [0.2, 0.25) is 0 Å². The van der Waals surface area contributed by atoms with Crippen molar-refractivity contribution in [2.24, 2.45) is 0 Å². The van der Waals surface area contributed by atoms with E-state index in [0.717, 1.165) is 31.0 Å². The number of halogens is 3. The first-order chi connectivity index (χ1) is 12.7. The Balaban J connectivity index is 1.75. The topological polar surface area (TPSA) is 63.7 Å². The van der Waals surface area contributed by atoms with Crippen molar-refractivity contribution < 1.29 is 31.1 Å². The average molecular weight is 399 g/mol. The second-order valence-corrected chi connectivity index (χ2v) is 7.99. The lowest BCUT2D eigenvalue weighted by molar-refractivity contribution is -0.137. The predicted octanol–water partition coefficient (Wildman–Crippen LogP) is 3.71. The molecule has 2 aromatic carbocycles. The number of alkyl halides is 3.